The molecular weight excluding hydrogens is 404 g/mol. The second-order valence-corrected chi connectivity index (χ2v) is 8.80. The molecule has 3 aliphatic heterocycles. The van der Waals surface area contributed by atoms with Gasteiger partial charge in [0.15, 0.2) is 0 Å². The molecule has 7 nitrogen and oxygen atoms in total. The summed E-state index contributed by atoms with van der Waals surface area (Å²) < 4.78 is 5.42. The number of hydrogen-bond acceptors (Lipinski definition) is 6. The van der Waals surface area contributed by atoms with E-state index in [0.29, 0.717) is 31.9 Å². The summed E-state index contributed by atoms with van der Waals surface area (Å²) in [5.74, 6) is 0.308. The maximum Gasteiger partial charge on any atom is 0.237 e. The standard InChI is InChI=1S/C25H28N4O3/c26-14-17-2-1-3-18(12-17)19-4-5-22-21(13-19)25-20(23(16-30)27-22)6-7-29(25)24(31)15-28-8-10-32-11-9-28/h1-5,12-13,20,23,25,27,30H,6-11,15-16H2/t20-,23+,25-/m1/s1. The van der Waals surface area contributed by atoms with Gasteiger partial charge in [0.2, 0.25) is 5.91 Å². The Hall–Kier alpha value is -2.92. The molecule has 3 heterocycles. The van der Waals surface area contributed by atoms with E-state index in [1.807, 2.05) is 35.2 Å². The Labute approximate surface area is 188 Å². The summed E-state index contributed by atoms with van der Waals surface area (Å²) in [6, 6.07) is 15.9. The summed E-state index contributed by atoms with van der Waals surface area (Å²) in [5.41, 5.74) is 4.69. The van der Waals surface area contributed by atoms with E-state index in [1.54, 1.807) is 6.07 Å². The summed E-state index contributed by atoms with van der Waals surface area (Å²) in [4.78, 5) is 17.5. The Bertz CT molecular complexity index is 1040. The summed E-state index contributed by atoms with van der Waals surface area (Å²) in [6.45, 7) is 4.05. The van der Waals surface area contributed by atoms with Crippen LogP contribution < -0.4 is 5.32 Å². The van der Waals surface area contributed by atoms with Crippen LogP contribution in [0.1, 0.15) is 23.6 Å². The lowest BCUT2D eigenvalue weighted by molar-refractivity contribution is -0.134. The lowest BCUT2D eigenvalue weighted by Crippen LogP contribution is -2.47. The number of likely N-dealkylation sites (tertiary alicyclic amines) is 1. The van der Waals surface area contributed by atoms with Gasteiger partial charge in [-0.25, -0.2) is 0 Å². The van der Waals surface area contributed by atoms with E-state index in [1.165, 1.54) is 0 Å². The largest absolute Gasteiger partial charge is 0.394 e. The average molecular weight is 433 g/mol. The number of anilines is 1. The van der Waals surface area contributed by atoms with Crippen molar-refractivity contribution in [3.8, 4) is 17.2 Å². The van der Waals surface area contributed by atoms with Crippen LogP contribution in [0.15, 0.2) is 42.5 Å². The van der Waals surface area contributed by atoms with E-state index in [2.05, 4.69) is 22.4 Å². The van der Waals surface area contributed by atoms with Crippen molar-refractivity contribution in [2.75, 3.05) is 51.3 Å². The van der Waals surface area contributed by atoms with Crippen LogP contribution in [0, 0.1) is 17.2 Å². The van der Waals surface area contributed by atoms with Crippen molar-refractivity contribution in [2.24, 2.45) is 5.92 Å². The van der Waals surface area contributed by atoms with E-state index < -0.39 is 0 Å². The number of rotatable bonds is 4. The van der Waals surface area contributed by atoms with Gasteiger partial charge in [0.05, 0.1) is 50.1 Å². The molecule has 2 saturated heterocycles. The molecule has 0 radical (unpaired) electrons. The molecule has 0 saturated carbocycles. The highest BCUT2D eigenvalue weighted by atomic mass is 16.5. The van der Waals surface area contributed by atoms with E-state index in [-0.39, 0.29) is 30.5 Å². The molecule has 2 N–H and O–H groups in total. The number of morpholine rings is 1. The Kier molecular flexibility index (Phi) is 5.83. The molecule has 2 aromatic rings. The molecule has 0 aliphatic carbocycles. The van der Waals surface area contributed by atoms with Crippen molar-refractivity contribution < 1.29 is 14.6 Å². The number of nitriles is 1. The number of hydrogen-bond donors (Lipinski definition) is 2. The molecule has 5 rings (SSSR count). The maximum absolute atomic E-state index is 13.3. The number of carbonyl (C=O) groups excluding carboxylic acids is 1. The van der Waals surface area contributed by atoms with Crippen molar-refractivity contribution in [1.29, 1.82) is 5.26 Å². The van der Waals surface area contributed by atoms with Crippen LogP contribution in [0.25, 0.3) is 11.1 Å². The molecule has 166 valence electrons. The van der Waals surface area contributed by atoms with Crippen LogP contribution in [0.5, 0.6) is 0 Å². The molecule has 2 fully saturated rings. The van der Waals surface area contributed by atoms with Gasteiger partial charge >= 0.3 is 0 Å². The van der Waals surface area contributed by atoms with E-state index in [4.69, 9.17) is 4.74 Å². The Balaban J connectivity index is 1.48. The average Bonchev–Trinajstić information content (AvgIpc) is 3.30. The van der Waals surface area contributed by atoms with Crippen LogP contribution in [0.2, 0.25) is 0 Å². The number of nitrogens with zero attached hydrogens (tertiary/aromatic N) is 3. The quantitative estimate of drug-likeness (QED) is 0.770. The van der Waals surface area contributed by atoms with Gasteiger partial charge in [0.25, 0.3) is 0 Å². The van der Waals surface area contributed by atoms with Gasteiger partial charge in [-0.3, -0.25) is 9.69 Å². The minimum atomic E-state index is -0.0681. The predicted molar refractivity (Wildman–Crippen MR) is 121 cm³/mol. The maximum atomic E-state index is 13.3. The number of aliphatic hydroxyl groups is 1. The fraction of sp³-hybridized carbons (Fsp3) is 0.440. The number of carbonyl (C=O) groups is 1. The van der Waals surface area contributed by atoms with E-state index >= 15 is 0 Å². The van der Waals surface area contributed by atoms with Gasteiger partial charge in [-0.05, 0) is 47.4 Å². The van der Waals surface area contributed by atoms with Crippen LogP contribution >= 0.6 is 0 Å². The number of nitrogens with one attached hydrogen (secondary N) is 1. The fourth-order valence-corrected chi connectivity index (χ4v) is 5.33. The van der Waals surface area contributed by atoms with Gasteiger partial charge in [0.1, 0.15) is 0 Å². The highest BCUT2D eigenvalue weighted by Gasteiger charge is 2.45. The van der Waals surface area contributed by atoms with Crippen molar-refractivity contribution in [1.82, 2.24) is 9.80 Å². The van der Waals surface area contributed by atoms with Crippen molar-refractivity contribution >= 4 is 11.6 Å². The first-order chi connectivity index (χ1) is 15.7. The topological polar surface area (TPSA) is 88.8 Å². The van der Waals surface area contributed by atoms with E-state index in [0.717, 1.165) is 41.9 Å². The van der Waals surface area contributed by atoms with Gasteiger partial charge in [-0.1, -0.05) is 18.2 Å². The Morgan fingerprint density at radius 1 is 1.16 bits per heavy atom. The van der Waals surface area contributed by atoms with Crippen LogP contribution in [-0.2, 0) is 9.53 Å². The first-order valence-electron chi connectivity index (χ1n) is 11.3. The molecule has 0 aromatic heterocycles. The van der Waals surface area contributed by atoms with Crippen molar-refractivity contribution in [3.05, 3.63) is 53.6 Å². The SMILES string of the molecule is N#Cc1cccc(-c2ccc3c(c2)[C@H]2[C@H](CCN2C(=O)CN2CCOCC2)[C@H](CO)N3)c1. The number of aliphatic hydroxyl groups excluding tert-OH is 1. The van der Waals surface area contributed by atoms with Crippen LogP contribution in [0.4, 0.5) is 5.69 Å². The number of benzene rings is 2. The summed E-state index contributed by atoms with van der Waals surface area (Å²) >= 11 is 0. The third-order valence-corrected chi connectivity index (χ3v) is 6.98. The molecule has 3 aliphatic rings. The van der Waals surface area contributed by atoms with Gasteiger partial charge < -0.3 is 20.1 Å². The second-order valence-electron chi connectivity index (χ2n) is 8.80. The normalized spacial score (nSPS) is 24.9. The second kappa shape index (κ2) is 8.91. The molecular formula is C25H28N4O3. The fourth-order valence-electron chi connectivity index (χ4n) is 5.33. The zero-order chi connectivity index (χ0) is 22.1. The van der Waals surface area contributed by atoms with Gasteiger partial charge in [0, 0.05) is 31.2 Å². The van der Waals surface area contributed by atoms with Crippen molar-refractivity contribution in [3.63, 3.8) is 0 Å². The molecule has 0 unspecified atom stereocenters. The first-order valence-corrected chi connectivity index (χ1v) is 11.3. The van der Waals surface area contributed by atoms with Gasteiger partial charge in [-0.15, -0.1) is 0 Å². The number of fused-ring (bicyclic) bond motifs is 3. The molecule has 3 atom stereocenters. The monoisotopic (exact) mass is 432 g/mol. The van der Waals surface area contributed by atoms with Crippen LogP contribution in [0.3, 0.4) is 0 Å². The third kappa shape index (κ3) is 3.86. The summed E-state index contributed by atoms with van der Waals surface area (Å²) in [6.07, 6.45) is 0.866. The zero-order valence-electron chi connectivity index (χ0n) is 18.0. The number of ether oxygens (including phenoxy) is 1. The lowest BCUT2D eigenvalue weighted by atomic mass is 9.82. The molecule has 32 heavy (non-hydrogen) atoms. The van der Waals surface area contributed by atoms with Crippen molar-refractivity contribution in [2.45, 2.75) is 18.5 Å². The Morgan fingerprint density at radius 3 is 2.75 bits per heavy atom. The zero-order valence-corrected chi connectivity index (χ0v) is 18.0. The lowest BCUT2D eigenvalue weighted by Gasteiger charge is -2.40. The third-order valence-electron chi connectivity index (χ3n) is 6.98. The molecule has 0 spiro atoms. The Morgan fingerprint density at radius 2 is 1.97 bits per heavy atom. The minimum Gasteiger partial charge on any atom is -0.394 e. The smallest absolute Gasteiger partial charge is 0.237 e. The van der Waals surface area contributed by atoms with Gasteiger partial charge in [-0.2, -0.15) is 5.26 Å². The first kappa shape index (κ1) is 21.0. The molecule has 7 heteroatoms. The highest BCUT2D eigenvalue weighted by Crippen LogP contribution is 2.47. The predicted octanol–water partition coefficient (Wildman–Crippen LogP) is 2.23. The van der Waals surface area contributed by atoms with Crippen LogP contribution in [-0.4, -0.2) is 72.9 Å². The molecule has 0 bridgehead atoms. The minimum absolute atomic E-state index is 0.0397. The van der Waals surface area contributed by atoms with E-state index in [9.17, 15) is 15.2 Å². The highest BCUT2D eigenvalue weighted by molar-refractivity contribution is 5.80. The molecule has 1 amide bonds. The molecule has 2 aromatic carbocycles. The number of amides is 1. The summed E-state index contributed by atoms with van der Waals surface area (Å²) in [7, 11) is 0. The summed E-state index contributed by atoms with van der Waals surface area (Å²) in [5, 5.41) is 22.8.